The van der Waals surface area contributed by atoms with Crippen LogP contribution in [0, 0.1) is 17.8 Å². The molecule has 0 heterocycles. The van der Waals surface area contributed by atoms with E-state index in [1.807, 2.05) is 7.05 Å². The van der Waals surface area contributed by atoms with Crippen LogP contribution in [0.25, 0.3) is 0 Å². The molecule has 0 aliphatic heterocycles. The lowest BCUT2D eigenvalue weighted by atomic mass is 9.73. The molecule has 0 saturated heterocycles. The second kappa shape index (κ2) is 7.38. The van der Waals surface area contributed by atoms with Gasteiger partial charge in [0.2, 0.25) is 0 Å². The topological polar surface area (TPSA) is 15.3 Å². The Morgan fingerprint density at radius 2 is 2.00 bits per heavy atom. The van der Waals surface area contributed by atoms with Gasteiger partial charge >= 0.3 is 0 Å². The molecule has 102 valence electrons. The van der Waals surface area contributed by atoms with E-state index in [4.69, 9.17) is 0 Å². The summed E-state index contributed by atoms with van der Waals surface area (Å²) in [5.41, 5.74) is 0. The first-order valence-corrected chi connectivity index (χ1v) is 7.41. The summed E-state index contributed by atoms with van der Waals surface area (Å²) in [6, 6.07) is 0.815. The number of nitrogens with zero attached hydrogens (tertiary/aromatic N) is 1. The average Bonchev–Trinajstić information content (AvgIpc) is 2.28. The Labute approximate surface area is 108 Å². The molecular formula is C15H32N2. The van der Waals surface area contributed by atoms with Gasteiger partial charge in [-0.2, -0.15) is 0 Å². The van der Waals surface area contributed by atoms with Gasteiger partial charge in [-0.1, -0.05) is 27.2 Å². The van der Waals surface area contributed by atoms with Crippen LogP contribution >= 0.6 is 0 Å². The van der Waals surface area contributed by atoms with Crippen molar-refractivity contribution >= 4 is 0 Å². The Kier molecular flexibility index (Phi) is 6.50. The van der Waals surface area contributed by atoms with E-state index >= 15 is 0 Å². The summed E-state index contributed by atoms with van der Waals surface area (Å²) in [6.45, 7) is 9.59. The van der Waals surface area contributed by atoms with Gasteiger partial charge in [0.25, 0.3) is 0 Å². The van der Waals surface area contributed by atoms with Gasteiger partial charge < -0.3 is 10.2 Å². The highest BCUT2D eigenvalue weighted by atomic mass is 15.1. The van der Waals surface area contributed by atoms with Crippen LogP contribution in [0.3, 0.4) is 0 Å². The first-order chi connectivity index (χ1) is 8.06. The molecule has 2 nitrogen and oxygen atoms in total. The van der Waals surface area contributed by atoms with Gasteiger partial charge in [-0.25, -0.2) is 0 Å². The molecule has 0 aromatic carbocycles. The second-order valence-corrected chi connectivity index (χ2v) is 6.33. The zero-order valence-corrected chi connectivity index (χ0v) is 12.5. The van der Waals surface area contributed by atoms with Gasteiger partial charge in [-0.05, 0) is 64.2 Å². The predicted octanol–water partition coefficient (Wildman–Crippen LogP) is 2.99. The van der Waals surface area contributed by atoms with Crippen LogP contribution in [0.5, 0.6) is 0 Å². The quantitative estimate of drug-likeness (QED) is 0.718. The standard InChI is InChI=1S/C15H32N2/c1-12(2)14-8-7-13(3)11-15(14)17(5)10-6-9-16-4/h12-16H,6-11H2,1-5H3. The number of nitrogens with one attached hydrogen (secondary N) is 1. The van der Waals surface area contributed by atoms with E-state index in [1.165, 1.54) is 32.2 Å². The summed E-state index contributed by atoms with van der Waals surface area (Å²) in [7, 11) is 4.37. The maximum atomic E-state index is 3.24. The van der Waals surface area contributed by atoms with Gasteiger partial charge in [-0.15, -0.1) is 0 Å². The first kappa shape index (κ1) is 15.0. The van der Waals surface area contributed by atoms with Crippen molar-refractivity contribution in [1.82, 2.24) is 10.2 Å². The monoisotopic (exact) mass is 240 g/mol. The van der Waals surface area contributed by atoms with Crippen LogP contribution in [0.2, 0.25) is 0 Å². The van der Waals surface area contributed by atoms with Gasteiger partial charge in [0.05, 0.1) is 0 Å². The Balaban J connectivity index is 2.49. The molecule has 17 heavy (non-hydrogen) atoms. The van der Waals surface area contributed by atoms with Crippen molar-refractivity contribution in [3.05, 3.63) is 0 Å². The van der Waals surface area contributed by atoms with Crippen molar-refractivity contribution in [3.8, 4) is 0 Å². The highest BCUT2D eigenvalue weighted by Crippen LogP contribution is 2.35. The van der Waals surface area contributed by atoms with Crippen LogP contribution in [-0.4, -0.2) is 38.1 Å². The van der Waals surface area contributed by atoms with Crippen molar-refractivity contribution in [3.63, 3.8) is 0 Å². The Bertz CT molecular complexity index is 203. The third-order valence-corrected chi connectivity index (χ3v) is 4.49. The molecule has 0 aromatic heterocycles. The van der Waals surface area contributed by atoms with Crippen LogP contribution in [-0.2, 0) is 0 Å². The molecule has 1 aliphatic rings. The number of hydrogen-bond acceptors (Lipinski definition) is 2. The highest BCUT2D eigenvalue weighted by molar-refractivity contribution is 4.86. The Morgan fingerprint density at radius 3 is 2.59 bits per heavy atom. The maximum Gasteiger partial charge on any atom is 0.0125 e. The molecule has 1 saturated carbocycles. The average molecular weight is 240 g/mol. The van der Waals surface area contributed by atoms with Crippen molar-refractivity contribution in [2.75, 3.05) is 27.2 Å². The van der Waals surface area contributed by atoms with E-state index in [-0.39, 0.29) is 0 Å². The highest BCUT2D eigenvalue weighted by Gasteiger charge is 2.32. The summed E-state index contributed by atoms with van der Waals surface area (Å²) in [6.07, 6.45) is 5.53. The van der Waals surface area contributed by atoms with Gasteiger partial charge in [0, 0.05) is 6.04 Å². The first-order valence-electron chi connectivity index (χ1n) is 7.41. The van der Waals surface area contributed by atoms with Crippen LogP contribution in [0.1, 0.15) is 46.5 Å². The second-order valence-electron chi connectivity index (χ2n) is 6.33. The molecule has 1 fully saturated rings. The Morgan fingerprint density at radius 1 is 1.29 bits per heavy atom. The molecule has 0 amide bonds. The lowest BCUT2D eigenvalue weighted by Crippen LogP contribution is -2.44. The molecular weight excluding hydrogens is 208 g/mol. The number of hydrogen-bond donors (Lipinski definition) is 1. The van der Waals surface area contributed by atoms with E-state index < -0.39 is 0 Å². The summed E-state index contributed by atoms with van der Waals surface area (Å²) in [5, 5.41) is 3.24. The van der Waals surface area contributed by atoms with Crippen molar-refractivity contribution in [1.29, 1.82) is 0 Å². The van der Waals surface area contributed by atoms with E-state index in [0.29, 0.717) is 0 Å². The van der Waals surface area contributed by atoms with Gasteiger partial charge in [-0.3, -0.25) is 0 Å². The fraction of sp³-hybridized carbons (Fsp3) is 1.00. The van der Waals surface area contributed by atoms with Crippen molar-refractivity contribution in [2.24, 2.45) is 17.8 Å². The normalized spacial score (nSPS) is 30.2. The molecule has 3 unspecified atom stereocenters. The molecule has 0 bridgehead atoms. The van der Waals surface area contributed by atoms with E-state index in [2.05, 4.69) is 38.0 Å². The van der Waals surface area contributed by atoms with Crippen molar-refractivity contribution in [2.45, 2.75) is 52.5 Å². The molecule has 0 spiro atoms. The minimum atomic E-state index is 0.815. The molecule has 1 N–H and O–H groups in total. The van der Waals surface area contributed by atoms with Crippen LogP contribution in [0.15, 0.2) is 0 Å². The molecule has 0 radical (unpaired) electrons. The molecule has 1 rings (SSSR count). The predicted molar refractivity (Wildman–Crippen MR) is 76.3 cm³/mol. The molecule has 2 heteroatoms. The largest absolute Gasteiger partial charge is 0.320 e. The maximum absolute atomic E-state index is 3.24. The van der Waals surface area contributed by atoms with Gasteiger partial charge in [0.15, 0.2) is 0 Å². The zero-order valence-electron chi connectivity index (χ0n) is 12.5. The summed E-state index contributed by atoms with van der Waals surface area (Å²) in [4.78, 5) is 2.62. The SMILES string of the molecule is CNCCCN(C)C1CC(C)CCC1C(C)C. The van der Waals surface area contributed by atoms with E-state index in [1.54, 1.807) is 0 Å². The summed E-state index contributed by atoms with van der Waals surface area (Å²) in [5.74, 6) is 2.66. The lowest BCUT2D eigenvalue weighted by molar-refractivity contribution is 0.0773. The van der Waals surface area contributed by atoms with E-state index in [9.17, 15) is 0 Å². The van der Waals surface area contributed by atoms with Crippen LogP contribution < -0.4 is 5.32 Å². The smallest absolute Gasteiger partial charge is 0.0125 e. The lowest BCUT2D eigenvalue weighted by Gasteiger charge is -2.42. The van der Waals surface area contributed by atoms with Gasteiger partial charge in [0.1, 0.15) is 0 Å². The minimum Gasteiger partial charge on any atom is -0.320 e. The molecule has 3 atom stereocenters. The third-order valence-electron chi connectivity index (χ3n) is 4.49. The Hall–Kier alpha value is -0.0800. The fourth-order valence-corrected chi connectivity index (χ4v) is 3.33. The summed E-state index contributed by atoms with van der Waals surface area (Å²) < 4.78 is 0. The molecule has 1 aliphatic carbocycles. The summed E-state index contributed by atoms with van der Waals surface area (Å²) >= 11 is 0. The van der Waals surface area contributed by atoms with E-state index in [0.717, 1.165) is 30.3 Å². The number of rotatable bonds is 6. The molecule has 0 aromatic rings. The minimum absolute atomic E-state index is 0.815. The van der Waals surface area contributed by atoms with Crippen LogP contribution in [0.4, 0.5) is 0 Å². The van der Waals surface area contributed by atoms with Crippen molar-refractivity contribution < 1.29 is 0 Å². The fourth-order valence-electron chi connectivity index (χ4n) is 3.33. The third kappa shape index (κ3) is 4.59. The zero-order chi connectivity index (χ0) is 12.8.